The van der Waals surface area contributed by atoms with Gasteiger partial charge in [-0.15, -0.1) is 0 Å². The van der Waals surface area contributed by atoms with E-state index in [4.69, 9.17) is 4.74 Å². The molecule has 2 bridgehead atoms. The Labute approximate surface area is 224 Å². The molecule has 1 unspecified atom stereocenters. The highest BCUT2D eigenvalue weighted by molar-refractivity contribution is 5.89. The molecule has 2 heterocycles. The Morgan fingerprint density at radius 1 is 0.895 bits per heavy atom. The van der Waals surface area contributed by atoms with Crippen LogP contribution in [0.3, 0.4) is 0 Å². The van der Waals surface area contributed by atoms with E-state index in [0.29, 0.717) is 23.4 Å². The van der Waals surface area contributed by atoms with Crippen LogP contribution < -0.4 is 0 Å². The zero-order chi connectivity index (χ0) is 25.7. The van der Waals surface area contributed by atoms with E-state index >= 15 is 0 Å². The fourth-order valence-corrected chi connectivity index (χ4v) is 8.44. The summed E-state index contributed by atoms with van der Waals surface area (Å²) in [6, 6.07) is 35.1. The van der Waals surface area contributed by atoms with Crippen molar-refractivity contribution < 1.29 is 9.53 Å². The largest absolute Gasteiger partial charge is 0.465 e. The number of ether oxygens (including phenoxy) is 1. The predicted octanol–water partition coefficient (Wildman–Crippen LogP) is 6.56. The van der Waals surface area contributed by atoms with Gasteiger partial charge in [-0.25, -0.2) is 4.79 Å². The Morgan fingerprint density at radius 3 is 2.21 bits per heavy atom. The Kier molecular flexibility index (Phi) is 5.48. The van der Waals surface area contributed by atoms with Crippen LogP contribution >= 0.6 is 0 Å². The fraction of sp³-hybridized carbons (Fsp3) is 0.294. The van der Waals surface area contributed by atoms with Crippen LogP contribution in [0.25, 0.3) is 0 Å². The number of rotatable bonds is 6. The minimum atomic E-state index is -0.280. The van der Waals surface area contributed by atoms with Crippen LogP contribution in [0, 0.1) is 11.3 Å². The highest BCUT2D eigenvalue weighted by atomic mass is 16.5. The number of carbonyl (C=O) groups excluding carboxylic acids is 1. The molecule has 0 N–H and O–H groups in total. The topological polar surface area (TPSA) is 42.4 Å². The van der Waals surface area contributed by atoms with Crippen molar-refractivity contribution in [1.29, 1.82) is 0 Å². The summed E-state index contributed by atoms with van der Waals surface area (Å²) in [5.41, 5.74) is 6.38. The van der Waals surface area contributed by atoms with Crippen LogP contribution in [0.15, 0.2) is 109 Å². The number of esters is 1. The smallest absolute Gasteiger partial charge is 0.337 e. The summed E-state index contributed by atoms with van der Waals surface area (Å²) in [4.78, 5) is 19.3. The molecule has 3 saturated carbocycles. The number of pyridine rings is 1. The molecular weight excluding hydrogens is 468 g/mol. The lowest BCUT2D eigenvalue weighted by Crippen LogP contribution is -2.47. The first-order chi connectivity index (χ1) is 18.6. The summed E-state index contributed by atoms with van der Waals surface area (Å²) in [5, 5.41) is 0. The third kappa shape index (κ3) is 3.40. The predicted molar refractivity (Wildman–Crippen MR) is 148 cm³/mol. The fourth-order valence-electron chi connectivity index (χ4n) is 8.44. The van der Waals surface area contributed by atoms with Crippen LogP contribution in [0.4, 0.5) is 0 Å². The van der Waals surface area contributed by atoms with Crippen LogP contribution in [0.1, 0.15) is 57.4 Å². The van der Waals surface area contributed by atoms with Crippen molar-refractivity contribution in [3.8, 4) is 0 Å². The number of hydrogen-bond donors (Lipinski definition) is 0. The third-order valence-corrected chi connectivity index (χ3v) is 9.63. The zero-order valence-corrected chi connectivity index (χ0v) is 21.7. The first-order valence-electron chi connectivity index (χ1n) is 13.6. The van der Waals surface area contributed by atoms with Crippen molar-refractivity contribution >= 4 is 5.97 Å². The first kappa shape index (κ1) is 23.4. The molecule has 190 valence electrons. The highest BCUT2D eigenvalue weighted by Crippen LogP contribution is 2.82. The minimum absolute atomic E-state index is 0.0775. The quantitative estimate of drug-likeness (QED) is 0.281. The van der Waals surface area contributed by atoms with Gasteiger partial charge in [0.2, 0.25) is 0 Å². The second-order valence-electron chi connectivity index (χ2n) is 11.4. The van der Waals surface area contributed by atoms with Gasteiger partial charge in [0.05, 0.1) is 12.7 Å². The molecule has 38 heavy (non-hydrogen) atoms. The van der Waals surface area contributed by atoms with Gasteiger partial charge in [-0.2, -0.15) is 0 Å². The van der Waals surface area contributed by atoms with Crippen molar-refractivity contribution in [3.63, 3.8) is 0 Å². The summed E-state index contributed by atoms with van der Waals surface area (Å²) in [6.45, 7) is 1.98. The van der Waals surface area contributed by atoms with Crippen LogP contribution in [0.2, 0.25) is 0 Å². The van der Waals surface area contributed by atoms with Gasteiger partial charge in [0.1, 0.15) is 0 Å². The van der Waals surface area contributed by atoms with Crippen molar-refractivity contribution in [2.24, 2.45) is 11.3 Å². The van der Waals surface area contributed by atoms with Gasteiger partial charge < -0.3 is 4.74 Å². The maximum atomic E-state index is 12.1. The third-order valence-electron chi connectivity index (χ3n) is 9.63. The standard InChI is InChI=1S/C34H32N2O2/c1-38-32(37)27-14-16-28(17-15-27)33-22-34(23-33)29(30(33)25-10-4-2-5-11-25)21-36(20-24-9-8-18-35-19-24)31(34)26-12-6-3-7-13-26/h2-19,29-31H,20-23H2,1H3/t29-,30?,31-,33?,34?/m1/s1. The molecule has 1 aliphatic heterocycles. The molecule has 0 amide bonds. The molecule has 1 saturated heterocycles. The molecule has 8 rings (SSSR count). The minimum Gasteiger partial charge on any atom is -0.465 e. The number of carbonyl (C=O) groups is 1. The Bertz CT molecular complexity index is 1430. The van der Waals surface area contributed by atoms with E-state index in [1.807, 2.05) is 30.6 Å². The van der Waals surface area contributed by atoms with Crippen LogP contribution in [0.5, 0.6) is 0 Å². The van der Waals surface area contributed by atoms with E-state index < -0.39 is 0 Å². The SMILES string of the molecule is COC(=O)c1ccc(C23CC4(C2)[C@H](CN(Cc2cccnc2)[C@@H]4c2ccccc2)C3c2ccccc2)cc1. The molecule has 3 aliphatic carbocycles. The van der Waals surface area contributed by atoms with Gasteiger partial charge in [-0.1, -0.05) is 78.9 Å². The van der Waals surface area contributed by atoms with Gasteiger partial charge in [0.15, 0.2) is 0 Å². The molecule has 4 fully saturated rings. The van der Waals surface area contributed by atoms with Gasteiger partial charge in [0, 0.05) is 36.9 Å². The van der Waals surface area contributed by atoms with E-state index in [0.717, 1.165) is 25.9 Å². The second-order valence-corrected chi connectivity index (χ2v) is 11.4. The summed E-state index contributed by atoms with van der Waals surface area (Å²) in [7, 11) is 1.44. The number of likely N-dealkylation sites (tertiary alicyclic amines) is 1. The number of nitrogens with zero attached hydrogens (tertiary/aromatic N) is 2. The van der Waals surface area contributed by atoms with Gasteiger partial charge in [-0.05, 0) is 70.5 Å². The van der Waals surface area contributed by atoms with Gasteiger partial charge in [0.25, 0.3) is 0 Å². The average molecular weight is 501 g/mol. The molecule has 4 aliphatic rings. The molecule has 1 aromatic heterocycles. The molecule has 4 heteroatoms. The van der Waals surface area contributed by atoms with Crippen molar-refractivity contribution in [2.75, 3.05) is 13.7 Å². The van der Waals surface area contributed by atoms with E-state index in [2.05, 4.69) is 88.7 Å². The average Bonchev–Trinajstić information content (AvgIpc) is 3.52. The van der Waals surface area contributed by atoms with Crippen LogP contribution in [-0.2, 0) is 16.7 Å². The number of benzene rings is 3. The van der Waals surface area contributed by atoms with Gasteiger partial charge >= 0.3 is 5.97 Å². The van der Waals surface area contributed by atoms with E-state index in [-0.39, 0.29) is 16.8 Å². The van der Waals surface area contributed by atoms with Crippen molar-refractivity contribution in [2.45, 2.75) is 36.8 Å². The van der Waals surface area contributed by atoms with E-state index in [1.165, 1.54) is 29.4 Å². The molecule has 1 spiro atoms. The monoisotopic (exact) mass is 500 g/mol. The summed E-state index contributed by atoms with van der Waals surface area (Å²) >= 11 is 0. The highest BCUT2D eigenvalue weighted by Gasteiger charge is 2.77. The van der Waals surface area contributed by atoms with Crippen molar-refractivity contribution in [1.82, 2.24) is 9.88 Å². The molecular formula is C34H32N2O2. The Morgan fingerprint density at radius 2 is 1.58 bits per heavy atom. The zero-order valence-electron chi connectivity index (χ0n) is 21.7. The molecule has 3 aromatic carbocycles. The lowest BCUT2D eigenvalue weighted by molar-refractivity contribution is 0.0296. The maximum Gasteiger partial charge on any atom is 0.337 e. The summed E-state index contributed by atoms with van der Waals surface area (Å²) in [6.07, 6.45) is 6.18. The van der Waals surface area contributed by atoms with Crippen LogP contribution in [-0.4, -0.2) is 29.5 Å². The number of hydrogen-bond acceptors (Lipinski definition) is 4. The summed E-state index contributed by atoms with van der Waals surface area (Å²) < 4.78 is 4.96. The maximum absolute atomic E-state index is 12.1. The molecule has 4 aromatic rings. The Hall–Kier alpha value is -3.76. The molecule has 3 atom stereocenters. The molecule has 4 nitrogen and oxygen atoms in total. The normalized spacial score (nSPS) is 29.4. The van der Waals surface area contributed by atoms with Crippen molar-refractivity contribution in [3.05, 3.63) is 137 Å². The number of aromatic nitrogens is 1. The van der Waals surface area contributed by atoms with E-state index in [1.54, 1.807) is 0 Å². The second kappa shape index (κ2) is 8.92. The van der Waals surface area contributed by atoms with Gasteiger partial charge in [-0.3, -0.25) is 9.88 Å². The van der Waals surface area contributed by atoms with E-state index in [9.17, 15) is 4.79 Å². The lowest BCUT2D eigenvalue weighted by Gasteiger charge is -2.53. The summed E-state index contributed by atoms with van der Waals surface area (Å²) in [5.74, 6) is 0.696. The number of methoxy groups -OCH3 is 1. The first-order valence-corrected chi connectivity index (χ1v) is 13.6. The lowest BCUT2D eigenvalue weighted by atomic mass is 9.52. The Balaban J connectivity index is 1.32. The molecule has 0 radical (unpaired) electrons.